The second-order valence-electron chi connectivity index (χ2n) is 2.50. The summed E-state index contributed by atoms with van der Waals surface area (Å²) in [5.41, 5.74) is 5.98. The Labute approximate surface area is 97.7 Å². The van der Waals surface area contributed by atoms with Crippen molar-refractivity contribution in [2.24, 2.45) is 5.73 Å². The molecule has 0 aliphatic heterocycles. The Hall–Kier alpha value is -0.770. The van der Waals surface area contributed by atoms with Gasteiger partial charge in [0.15, 0.2) is 0 Å². The molecule has 0 spiro atoms. The summed E-state index contributed by atoms with van der Waals surface area (Å²) in [6.07, 6.45) is 3.17. The molecular formula is C9H8Cl2N2S. The van der Waals surface area contributed by atoms with Crippen LogP contribution in [0.25, 0.3) is 0 Å². The lowest BCUT2D eigenvalue weighted by molar-refractivity contribution is 1.58. The van der Waals surface area contributed by atoms with Gasteiger partial charge in [0.25, 0.3) is 0 Å². The highest BCUT2D eigenvalue weighted by molar-refractivity contribution is 7.80. The van der Waals surface area contributed by atoms with Gasteiger partial charge in [-0.1, -0.05) is 35.4 Å². The maximum atomic E-state index is 5.89. The second-order valence-corrected chi connectivity index (χ2v) is 3.82. The van der Waals surface area contributed by atoms with Crippen LogP contribution in [-0.4, -0.2) is 4.99 Å². The van der Waals surface area contributed by atoms with Crippen LogP contribution in [0.3, 0.4) is 0 Å². The highest BCUT2D eigenvalue weighted by Crippen LogP contribution is 2.25. The number of rotatable bonds is 3. The summed E-state index contributed by atoms with van der Waals surface area (Å²) in [7, 11) is 0. The first-order valence-corrected chi connectivity index (χ1v) is 4.93. The van der Waals surface area contributed by atoms with Gasteiger partial charge < -0.3 is 11.1 Å². The minimum atomic E-state index is 0.302. The number of thiocarbonyl (C=S) groups is 1. The van der Waals surface area contributed by atoms with E-state index in [0.29, 0.717) is 20.7 Å². The Morgan fingerprint density at radius 3 is 2.79 bits per heavy atom. The molecule has 0 unspecified atom stereocenters. The van der Waals surface area contributed by atoms with Crippen molar-refractivity contribution in [3.63, 3.8) is 0 Å². The molecule has 14 heavy (non-hydrogen) atoms. The molecule has 0 saturated carbocycles. The van der Waals surface area contributed by atoms with Gasteiger partial charge in [0.05, 0.1) is 15.7 Å². The van der Waals surface area contributed by atoms with E-state index in [1.54, 1.807) is 30.5 Å². The third-order valence-electron chi connectivity index (χ3n) is 1.41. The predicted molar refractivity (Wildman–Crippen MR) is 66.0 cm³/mol. The molecular weight excluding hydrogens is 239 g/mol. The Morgan fingerprint density at radius 1 is 1.43 bits per heavy atom. The standard InChI is InChI=1S/C9H8Cl2N2S/c10-6-1-2-7(11)8(5-6)13-4-3-9(12)14/h1-5,13H,(H2,12,14)/b4-3-. The van der Waals surface area contributed by atoms with Crippen LogP contribution in [0, 0.1) is 0 Å². The van der Waals surface area contributed by atoms with Crippen LogP contribution in [0.4, 0.5) is 5.69 Å². The van der Waals surface area contributed by atoms with E-state index >= 15 is 0 Å². The van der Waals surface area contributed by atoms with Gasteiger partial charge in [-0.25, -0.2) is 0 Å². The van der Waals surface area contributed by atoms with Crippen molar-refractivity contribution < 1.29 is 0 Å². The number of anilines is 1. The Morgan fingerprint density at radius 2 is 2.14 bits per heavy atom. The van der Waals surface area contributed by atoms with Crippen molar-refractivity contribution in [2.45, 2.75) is 0 Å². The Kier molecular flexibility index (Phi) is 4.20. The van der Waals surface area contributed by atoms with E-state index in [4.69, 9.17) is 28.9 Å². The fourth-order valence-electron chi connectivity index (χ4n) is 0.822. The van der Waals surface area contributed by atoms with Crippen molar-refractivity contribution in [1.82, 2.24) is 0 Å². The molecule has 1 aromatic rings. The minimum absolute atomic E-state index is 0.302. The van der Waals surface area contributed by atoms with E-state index in [9.17, 15) is 0 Å². The van der Waals surface area contributed by atoms with Crippen LogP contribution in [0.5, 0.6) is 0 Å². The zero-order valence-electron chi connectivity index (χ0n) is 7.13. The van der Waals surface area contributed by atoms with Crippen LogP contribution < -0.4 is 11.1 Å². The van der Waals surface area contributed by atoms with Crippen molar-refractivity contribution in [3.05, 3.63) is 40.5 Å². The molecule has 0 aliphatic carbocycles. The lowest BCUT2D eigenvalue weighted by Gasteiger charge is -2.03. The summed E-state index contributed by atoms with van der Waals surface area (Å²) >= 11 is 16.3. The number of benzene rings is 1. The first-order valence-electron chi connectivity index (χ1n) is 3.77. The van der Waals surface area contributed by atoms with E-state index < -0.39 is 0 Å². The molecule has 1 aromatic carbocycles. The fraction of sp³-hybridized carbons (Fsp3) is 0. The van der Waals surface area contributed by atoms with E-state index in [1.165, 1.54) is 0 Å². The first kappa shape index (κ1) is 11.3. The number of nitrogens with one attached hydrogen (secondary N) is 1. The van der Waals surface area contributed by atoms with Crippen LogP contribution >= 0.6 is 35.4 Å². The van der Waals surface area contributed by atoms with E-state index in [2.05, 4.69) is 17.5 Å². The second kappa shape index (κ2) is 5.20. The molecule has 3 N–H and O–H groups in total. The molecule has 0 aliphatic rings. The summed E-state index contributed by atoms with van der Waals surface area (Å²) in [5.74, 6) is 0. The van der Waals surface area contributed by atoms with Gasteiger partial charge in [-0.15, -0.1) is 0 Å². The quantitative estimate of drug-likeness (QED) is 0.636. The van der Waals surface area contributed by atoms with Crippen molar-refractivity contribution in [2.75, 3.05) is 5.32 Å². The SMILES string of the molecule is NC(=S)/C=C\Nc1cc(Cl)ccc1Cl. The van der Waals surface area contributed by atoms with Crippen LogP contribution in [0.2, 0.25) is 10.0 Å². The molecule has 0 radical (unpaired) electrons. The van der Waals surface area contributed by atoms with Crippen LogP contribution in [0.1, 0.15) is 0 Å². The average molecular weight is 247 g/mol. The fourth-order valence-corrected chi connectivity index (χ4v) is 1.23. The summed E-state index contributed by atoms with van der Waals surface area (Å²) in [6.45, 7) is 0. The van der Waals surface area contributed by atoms with Gasteiger partial charge >= 0.3 is 0 Å². The van der Waals surface area contributed by atoms with Crippen LogP contribution in [0.15, 0.2) is 30.5 Å². The molecule has 0 fully saturated rings. The van der Waals surface area contributed by atoms with E-state index in [1.807, 2.05) is 0 Å². The van der Waals surface area contributed by atoms with E-state index in [0.717, 1.165) is 0 Å². The zero-order chi connectivity index (χ0) is 10.6. The maximum Gasteiger partial charge on any atom is 0.0976 e. The molecule has 0 aromatic heterocycles. The highest BCUT2D eigenvalue weighted by atomic mass is 35.5. The monoisotopic (exact) mass is 246 g/mol. The zero-order valence-corrected chi connectivity index (χ0v) is 9.46. The molecule has 5 heteroatoms. The van der Waals surface area contributed by atoms with Gasteiger partial charge in [-0.3, -0.25) is 0 Å². The number of hydrogen-bond donors (Lipinski definition) is 2. The van der Waals surface area contributed by atoms with Gasteiger partial charge in [0, 0.05) is 11.2 Å². The van der Waals surface area contributed by atoms with Gasteiger partial charge in [0.1, 0.15) is 0 Å². The molecule has 0 bridgehead atoms. The minimum Gasteiger partial charge on any atom is -0.390 e. The first-order chi connectivity index (χ1) is 6.59. The summed E-state index contributed by atoms with van der Waals surface area (Å²) in [6, 6.07) is 5.14. The summed E-state index contributed by atoms with van der Waals surface area (Å²) in [5, 5.41) is 4.12. The normalized spacial score (nSPS) is 10.4. The van der Waals surface area contributed by atoms with E-state index in [-0.39, 0.29) is 0 Å². The molecule has 2 nitrogen and oxygen atoms in total. The maximum absolute atomic E-state index is 5.89. The van der Waals surface area contributed by atoms with Gasteiger partial charge in [-0.2, -0.15) is 0 Å². The molecule has 0 heterocycles. The molecule has 74 valence electrons. The Balaban J connectivity index is 2.76. The molecule has 0 amide bonds. The van der Waals surface area contributed by atoms with Crippen LogP contribution in [-0.2, 0) is 0 Å². The molecule has 0 atom stereocenters. The average Bonchev–Trinajstić information content (AvgIpc) is 2.10. The summed E-state index contributed by atoms with van der Waals surface area (Å²) in [4.78, 5) is 0.302. The van der Waals surface area contributed by atoms with Gasteiger partial charge in [-0.05, 0) is 24.3 Å². The van der Waals surface area contributed by atoms with Crippen molar-refractivity contribution in [3.8, 4) is 0 Å². The summed E-state index contributed by atoms with van der Waals surface area (Å²) < 4.78 is 0. The van der Waals surface area contributed by atoms with Crippen molar-refractivity contribution >= 4 is 46.1 Å². The lowest BCUT2D eigenvalue weighted by atomic mass is 10.3. The largest absolute Gasteiger partial charge is 0.390 e. The molecule has 0 saturated heterocycles. The lowest BCUT2D eigenvalue weighted by Crippen LogP contribution is -2.03. The molecule has 1 rings (SSSR count). The number of nitrogens with two attached hydrogens (primary N) is 1. The predicted octanol–water partition coefficient (Wildman–Crippen LogP) is 3.21. The topological polar surface area (TPSA) is 38.0 Å². The highest BCUT2D eigenvalue weighted by Gasteiger charge is 1.97. The van der Waals surface area contributed by atoms with Gasteiger partial charge in [0.2, 0.25) is 0 Å². The number of hydrogen-bond acceptors (Lipinski definition) is 2. The Bertz CT molecular complexity index is 377. The van der Waals surface area contributed by atoms with Crippen molar-refractivity contribution in [1.29, 1.82) is 0 Å². The third-order valence-corrected chi connectivity index (χ3v) is 2.12. The third kappa shape index (κ3) is 3.54. The number of halogens is 2. The smallest absolute Gasteiger partial charge is 0.0976 e.